The van der Waals surface area contributed by atoms with Crippen LogP contribution in [0.25, 0.3) is 0 Å². The zero-order valence-corrected chi connectivity index (χ0v) is 15.8. The molecular weight excluding hydrogens is 352 g/mol. The minimum Gasteiger partial charge on any atom is -0.480 e. The number of pyridine rings is 2. The molecule has 0 spiro atoms. The van der Waals surface area contributed by atoms with Crippen LogP contribution in [0, 0.1) is 11.3 Å². The van der Waals surface area contributed by atoms with Crippen LogP contribution in [-0.2, 0) is 6.54 Å². The van der Waals surface area contributed by atoms with E-state index in [-0.39, 0.29) is 0 Å². The third-order valence-electron chi connectivity index (χ3n) is 5.15. The second-order valence-electron chi connectivity index (χ2n) is 6.89. The first-order valence-corrected chi connectivity index (χ1v) is 9.38. The van der Waals surface area contributed by atoms with Gasteiger partial charge in [0.05, 0.1) is 19.3 Å². The van der Waals surface area contributed by atoms with Gasteiger partial charge in [-0.3, -0.25) is 4.98 Å². The summed E-state index contributed by atoms with van der Waals surface area (Å²) < 4.78 is 7.47. The Morgan fingerprint density at radius 2 is 2.18 bits per heavy atom. The lowest BCUT2D eigenvalue weighted by Crippen LogP contribution is -2.36. The first-order chi connectivity index (χ1) is 13.8. The second-order valence-corrected chi connectivity index (χ2v) is 6.89. The molecule has 0 amide bonds. The Morgan fingerprint density at radius 3 is 2.96 bits per heavy atom. The molecule has 3 aromatic heterocycles. The van der Waals surface area contributed by atoms with Gasteiger partial charge in [0, 0.05) is 50.0 Å². The van der Waals surface area contributed by atoms with Crippen molar-refractivity contribution in [1.29, 1.82) is 5.26 Å². The molecule has 0 N–H and O–H groups in total. The van der Waals surface area contributed by atoms with Crippen molar-refractivity contribution in [2.45, 2.75) is 25.3 Å². The van der Waals surface area contributed by atoms with Gasteiger partial charge < -0.3 is 14.2 Å². The van der Waals surface area contributed by atoms with Crippen molar-refractivity contribution in [3.63, 3.8) is 0 Å². The van der Waals surface area contributed by atoms with E-state index >= 15 is 0 Å². The Balaban J connectivity index is 1.58. The van der Waals surface area contributed by atoms with Crippen LogP contribution in [0.15, 0.2) is 49.2 Å². The molecule has 0 aromatic carbocycles. The van der Waals surface area contributed by atoms with E-state index in [1.54, 1.807) is 19.5 Å². The van der Waals surface area contributed by atoms with Gasteiger partial charge in [-0.2, -0.15) is 5.26 Å². The van der Waals surface area contributed by atoms with Crippen LogP contribution >= 0.6 is 0 Å². The summed E-state index contributed by atoms with van der Waals surface area (Å²) in [6.45, 7) is 2.47. The topological polar surface area (TPSA) is 79.9 Å². The smallest absolute Gasteiger partial charge is 0.233 e. The first kappa shape index (κ1) is 18.0. The van der Waals surface area contributed by atoms with Gasteiger partial charge in [0.25, 0.3) is 0 Å². The number of hydrogen-bond donors (Lipinski definition) is 0. The van der Waals surface area contributed by atoms with Crippen molar-refractivity contribution in [3.05, 3.63) is 66.1 Å². The van der Waals surface area contributed by atoms with Gasteiger partial charge in [0.15, 0.2) is 0 Å². The summed E-state index contributed by atoms with van der Waals surface area (Å²) in [5, 5.41) is 9.60. The van der Waals surface area contributed by atoms with Crippen molar-refractivity contribution in [1.82, 2.24) is 19.5 Å². The Bertz CT molecular complexity index is 978. The summed E-state index contributed by atoms with van der Waals surface area (Å²) in [6, 6.07) is 8.17. The highest BCUT2D eigenvalue weighted by atomic mass is 16.5. The first-order valence-electron chi connectivity index (χ1n) is 9.38. The molecule has 7 heteroatoms. The number of methoxy groups -OCH3 is 1. The van der Waals surface area contributed by atoms with Crippen molar-refractivity contribution < 1.29 is 4.74 Å². The van der Waals surface area contributed by atoms with E-state index in [0.29, 0.717) is 17.4 Å². The number of nitrogens with zero attached hydrogens (tertiary/aromatic N) is 6. The van der Waals surface area contributed by atoms with Gasteiger partial charge in [-0.25, -0.2) is 9.97 Å². The molecule has 3 aromatic rings. The molecule has 1 saturated heterocycles. The molecule has 0 radical (unpaired) electrons. The van der Waals surface area contributed by atoms with Gasteiger partial charge in [0.1, 0.15) is 17.5 Å². The lowest BCUT2D eigenvalue weighted by Gasteiger charge is -2.34. The van der Waals surface area contributed by atoms with E-state index in [2.05, 4.69) is 36.6 Å². The van der Waals surface area contributed by atoms with Crippen molar-refractivity contribution in [2.75, 3.05) is 25.1 Å². The number of nitriles is 1. The van der Waals surface area contributed by atoms with Gasteiger partial charge in [-0.05, 0) is 30.5 Å². The third kappa shape index (κ3) is 3.54. The Kier molecular flexibility index (Phi) is 5.20. The summed E-state index contributed by atoms with van der Waals surface area (Å²) in [7, 11) is 1.54. The highest BCUT2D eigenvalue weighted by Gasteiger charge is 2.27. The van der Waals surface area contributed by atoms with Crippen LogP contribution in [0.2, 0.25) is 0 Å². The average molecular weight is 374 g/mol. The molecule has 1 aliphatic rings. The normalized spacial score (nSPS) is 16.6. The maximum Gasteiger partial charge on any atom is 0.233 e. The highest BCUT2D eigenvalue weighted by Crippen LogP contribution is 2.33. The van der Waals surface area contributed by atoms with E-state index in [4.69, 9.17) is 4.74 Å². The maximum absolute atomic E-state index is 9.60. The van der Waals surface area contributed by atoms with Crippen LogP contribution in [0.1, 0.15) is 35.7 Å². The van der Waals surface area contributed by atoms with Crippen LogP contribution in [0.3, 0.4) is 0 Å². The number of piperidine rings is 1. The summed E-state index contributed by atoms with van der Waals surface area (Å²) in [4.78, 5) is 15.3. The third-order valence-corrected chi connectivity index (χ3v) is 5.15. The van der Waals surface area contributed by atoms with Crippen LogP contribution in [0.4, 0.5) is 5.69 Å². The number of imidazole rings is 1. The van der Waals surface area contributed by atoms with Crippen LogP contribution in [0.5, 0.6) is 5.88 Å². The Labute approximate surface area is 164 Å². The van der Waals surface area contributed by atoms with Gasteiger partial charge in [-0.1, -0.05) is 6.07 Å². The number of anilines is 1. The van der Waals surface area contributed by atoms with Gasteiger partial charge >= 0.3 is 0 Å². The number of hydrogen-bond acceptors (Lipinski definition) is 6. The van der Waals surface area contributed by atoms with E-state index in [1.807, 2.05) is 30.7 Å². The number of aromatic nitrogens is 4. The predicted molar refractivity (Wildman–Crippen MR) is 105 cm³/mol. The highest BCUT2D eigenvalue weighted by molar-refractivity contribution is 5.63. The van der Waals surface area contributed by atoms with E-state index in [0.717, 1.165) is 49.6 Å². The molecule has 142 valence electrons. The molecule has 1 atom stereocenters. The molecule has 4 rings (SSSR count). The number of ether oxygens (including phenoxy) is 1. The molecule has 0 bridgehead atoms. The van der Waals surface area contributed by atoms with E-state index in [9.17, 15) is 5.26 Å². The largest absolute Gasteiger partial charge is 0.480 e. The molecule has 1 fully saturated rings. The lowest BCUT2D eigenvalue weighted by molar-refractivity contribution is 0.396. The fourth-order valence-corrected chi connectivity index (χ4v) is 3.87. The summed E-state index contributed by atoms with van der Waals surface area (Å²) in [6.07, 6.45) is 11.4. The molecule has 0 aliphatic carbocycles. The van der Waals surface area contributed by atoms with E-state index < -0.39 is 0 Å². The predicted octanol–water partition coefficient (Wildman–Crippen LogP) is 2.99. The van der Waals surface area contributed by atoms with Crippen molar-refractivity contribution in [2.24, 2.45) is 0 Å². The molecular formula is C21H22N6O. The van der Waals surface area contributed by atoms with Gasteiger partial charge in [0.2, 0.25) is 5.88 Å². The lowest BCUT2D eigenvalue weighted by atomic mass is 9.96. The molecule has 4 heterocycles. The van der Waals surface area contributed by atoms with E-state index in [1.165, 1.54) is 0 Å². The minimum absolute atomic E-state index is 0.297. The average Bonchev–Trinajstić information content (AvgIpc) is 3.22. The van der Waals surface area contributed by atoms with Crippen molar-refractivity contribution >= 4 is 5.69 Å². The Morgan fingerprint density at radius 1 is 1.25 bits per heavy atom. The summed E-state index contributed by atoms with van der Waals surface area (Å²) >= 11 is 0. The zero-order chi connectivity index (χ0) is 19.3. The van der Waals surface area contributed by atoms with Gasteiger partial charge in [-0.15, -0.1) is 0 Å². The fraction of sp³-hybridized carbons (Fsp3) is 0.333. The molecule has 7 nitrogen and oxygen atoms in total. The van der Waals surface area contributed by atoms with Crippen molar-refractivity contribution in [3.8, 4) is 11.9 Å². The Hall–Kier alpha value is -3.40. The molecule has 1 aliphatic heterocycles. The standard InChI is InChI=1S/C21H22N6O/c1-28-21-18(12-22)19(6-8-25-21)26-10-3-5-17(15-26)20-24-9-11-27(20)14-16-4-2-7-23-13-16/h2,4,6-9,11,13,17H,3,5,10,14-15H2,1H3/t17-/m1/s1. The summed E-state index contributed by atoms with van der Waals surface area (Å²) in [5.74, 6) is 1.75. The minimum atomic E-state index is 0.297. The zero-order valence-electron chi connectivity index (χ0n) is 15.8. The quantitative estimate of drug-likeness (QED) is 0.683. The second kappa shape index (κ2) is 8.09. The number of rotatable bonds is 5. The monoisotopic (exact) mass is 374 g/mol. The molecule has 28 heavy (non-hydrogen) atoms. The fourth-order valence-electron chi connectivity index (χ4n) is 3.87. The molecule has 0 saturated carbocycles. The maximum atomic E-state index is 9.60. The van der Waals surface area contributed by atoms with Crippen LogP contribution in [-0.4, -0.2) is 39.7 Å². The summed E-state index contributed by atoms with van der Waals surface area (Å²) in [5.41, 5.74) is 2.52. The molecule has 0 unspecified atom stereocenters. The van der Waals surface area contributed by atoms with Crippen LogP contribution < -0.4 is 9.64 Å². The SMILES string of the molecule is COc1nccc(N2CCC[C@@H](c3nccn3Cc3cccnc3)C2)c1C#N.